The molecule has 0 unspecified atom stereocenters. The zero-order valence-corrected chi connectivity index (χ0v) is 12.1. The number of fused-ring (bicyclic) bond motifs is 1. The first kappa shape index (κ1) is 12.7. The maximum atomic E-state index is 5.99. The van der Waals surface area contributed by atoms with E-state index in [-0.39, 0.29) is 0 Å². The summed E-state index contributed by atoms with van der Waals surface area (Å²) in [6.07, 6.45) is 1.15. The van der Waals surface area contributed by atoms with Gasteiger partial charge in [0, 0.05) is 17.0 Å². The largest absolute Gasteiger partial charge is 0.302 e. The molecule has 0 saturated heterocycles. The van der Waals surface area contributed by atoms with Crippen LogP contribution < -0.4 is 0 Å². The van der Waals surface area contributed by atoms with Gasteiger partial charge in [0.2, 0.25) is 0 Å². The highest BCUT2D eigenvalue weighted by Gasteiger charge is 2.32. The molecule has 98 valence electrons. The minimum Gasteiger partial charge on any atom is -0.302 e. The van der Waals surface area contributed by atoms with Crippen LogP contribution in [0.1, 0.15) is 35.1 Å². The smallest absolute Gasteiger partial charge is 0.0406 e. The molecule has 0 radical (unpaired) electrons. The molecule has 0 fully saturated rings. The van der Waals surface area contributed by atoms with Crippen LogP contribution in [0, 0.1) is 0 Å². The lowest BCUT2D eigenvalue weighted by atomic mass is 9.93. The second kappa shape index (κ2) is 4.99. The molecule has 0 aromatic heterocycles. The minimum atomic E-state index is 0.487. The third kappa shape index (κ3) is 2.29. The molecule has 19 heavy (non-hydrogen) atoms. The Kier molecular flexibility index (Phi) is 3.34. The summed E-state index contributed by atoms with van der Waals surface area (Å²) in [5.74, 6) is 0.487. The summed E-state index contributed by atoms with van der Waals surface area (Å²) in [5, 5.41) is 0.805. The van der Waals surface area contributed by atoms with Gasteiger partial charge in [-0.1, -0.05) is 48.0 Å². The molecule has 0 N–H and O–H groups in total. The third-order valence-electron chi connectivity index (χ3n) is 4.09. The molecule has 0 aliphatic heterocycles. The molecule has 0 bridgehead atoms. The normalized spacial score (nSPS) is 21.7. The van der Waals surface area contributed by atoms with E-state index in [2.05, 4.69) is 55.4 Å². The summed E-state index contributed by atoms with van der Waals surface area (Å²) in [4.78, 5) is 2.31. The van der Waals surface area contributed by atoms with E-state index in [1.54, 1.807) is 0 Å². The Hall–Kier alpha value is -1.31. The second-order valence-electron chi connectivity index (χ2n) is 5.45. The van der Waals surface area contributed by atoms with E-state index in [1.165, 1.54) is 16.7 Å². The zero-order valence-electron chi connectivity index (χ0n) is 11.3. The van der Waals surface area contributed by atoms with Crippen molar-refractivity contribution in [2.75, 3.05) is 14.1 Å². The van der Waals surface area contributed by atoms with Crippen LogP contribution in [-0.2, 0) is 0 Å². The maximum absolute atomic E-state index is 5.99. The summed E-state index contributed by atoms with van der Waals surface area (Å²) in [7, 11) is 4.32. The molecule has 0 saturated carbocycles. The molecule has 2 atom stereocenters. The predicted octanol–water partition coefficient (Wildman–Crippen LogP) is 4.48. The van der Waals surface area contributed by atoms with Gasteiger partial charge in [0.1, 0.15) is 0 Å². The van der Waals surface area contributed by atoms with Crippen molar-refractivity contribution in [3.63, 3.8) is 0 Å². The van der Waals surface area contributed by atoms with Crippen LogP contribution in [-0.4, -0.2) is 19.0 Å². The van der Waals surface area contributed by atoms with Crippen molar-refractivity contribution in [2.24, 2.45) is 0 Å². The topological polar surface area (TPSA) is 3.24 Å². The summed E-state index contributed by atoms with van der Waals surface area (Å²) >= 11 is 5.99. The Morgan fingerprint density at radius 2 is 1.58 bits per heavy atom. The fraction of sp³-hybridized carbons (Fsp3) is 0.294. The quantitative estimate of drug-likeness (QED) is 0.778. The van der Waals surface area contributed by atoms with Gasteiger partial charge in [-0.2, -0.15) is 0 Å². The molecule has 0 heterocycles. The third-order valence-corrected chi connectivity index (χ3v) is 4.34. The molecule has 1 aliphatic carbocycles. The van der Waals surface area contributed by atoms with Crippen molar-refractivity contribution in [2.45, 2.75) is 18.4 Å². The van der Waals surface area contributed by atoms with Gasteiger partial charge in [0.05, 0.1) is 0 Å². The van der Waals surface area contributed by atoms with Gasteiger partial charge in [-0.3, -0.25) is 0 Å². The van der Waals surface area contributed by atoms with Crippen LogP contribution >= 0.6 is 11.6 Å². The fourth-order valence-electron chi connectivity index (χ4n) is 3.11. The van der Waals surface area contributed by atoms with E-state index < -0.39 is 0 Å². The number of rotatable bonds is 2. The van der Waals surface area contributed by atoms with Crippen molar-refractivity contribution >= 4 is 11.6 Å². The Bertz CT molecular complexity index is 574. The standard InChI is InChI=1S/C17H18ClN/c1-19(2)17-11-16(12-7-9-13(18)10-8-12)14-5-3-4-6-15(14)17/h3-10,16-17H,11H2,1-2H3/t16-,17+/m1/s1. The molecule has 2 heteroatoms. The molecule has 3 rings (SSSR count). The van der Waals surface area contributed by atoms with Crippen LogP contribution in [0.4, 0.5) is 0 Å². The van der Waals surface area contributed by atoms with Gasteiger partial charge in [-0.15, -0.1) is 0 Å². The minimum absolute atomic E-state index is 0.487. The van der Waals surface area contributed by atoms with E-state index in [0.717, 1.165) is 11.4 Å². The lowest BCUT2D eigenvalue weighted by molar-refractivity contribution is 0.293. The van der Waals surface area contributed by atoms with Crippen molar-refractivity contribution in [3.05, 3.63) is 70.2 Å². The molecule has 2 aromatic carbocycles. The van der Waals surface area contributed by atoms with E-state index in [4.69, 9.17) is 11.6 Å². The lowest BCUT2D eigenvalue weighted by Crippen LogP contribution is -2.17. The SMILES string of the molecule is CN(C)[C@H]1C[C@H](c2ccc(Cl)cc2)c2ccccc21. The summed E-state index contributed by atoms with van der Waals surface area (Å²) in [6.45, 7) is 0. The maximum Gasteiger partial charge on any atom is 0.0406 e. The average Bonchev–Trinajstić information content (AvgIpc) is 2.79. The van der Waals surface area contributed by atoms with Gasteiger partial charge in [0.25, 0.3) is 0 Å². The van der Waals surface area contributed by atoms with Crippen LogP contribution in [0.2, 0.25) is 5.02 Å². The Labute approximate surface area is 119 Å². The van der Waals surface area contributed by atoms with Crippen LogP contribution in [0.25, 0.3) is 0 Å². The average molecular weight is 272 g/mol. The van der Waals surface area contributed by atoms with Gasteiger partial charge in [-0.05, 0) is 49.3 Å². The number of nitrogens with zero attached hydrogens (tertiary/aromatic N) is 1. The van der Waals surface area contributed by atoms with E-state index in [0.29, 0.717) is 12.0 Å². The monoisotopic (exact) mass is 271 g/mol. The second-order valence-corrected chi connectivity index (χ2v) is 5.88. The van der Waals surface area contributed by atoms with Gasteiger partial charge in [0.15, 0.2) is 0 Å². The van der Waals surface area contributed by atoms with Crippen LogP contribution in [0.15, 0.2) is 48.5 Å². The summed E-state index contributed by atoms with van der Waals surface area (Å²) in [6, 6.07) is 17.6. The molecule has 0 spiro atoms. The molecule has 0 amide bonds. The molecular formula is C17H18ClN. The summed E-state index contributed by atoms with van der Waals surface area (Å²) in [5.41, 5.74) is 4.29. The zero-order chi connectivity index (χ0) is 13.4. The Balaban J connectivity index is 2.03. The van der Waals surface area contributed by atoms with Crippen LogP contribution in [0.3, 0.4) is 0 Å². The molecule has 1 aliphatic rings. The fourth-order valence-corrected chi connectivity index (χ4v) is 3.23. The van der Waals surface area contributed by atoms with E-state index in [1.807, 2.05) is 12.1 Å². The van der Waals surface area contributed by atoms with Crippen molar-refractivity contribution in [1.29, 1.82) is 0 Å². The van der Waals surface area contributed by atoms with E-state index >= 15 is 0 Å². The lowest BCUT2D eigenvalue weighted by Gasteiger charge is -2.20. The number of hydrogen-bond donors (Lipinski definition) is 0. The molecular weight excluding hydrogens is 254 g/mol. The van der Waals surface area contributed by atoms with Crippen LogP contribution in [0.5, 0.6) is 0 Å². The van der Waals surface area contributed by atoms with Crippen molar-refractivity contribution in [1.82, 2.24) is 4.90 Å². The van der Waals surface area contributed by atoms with Gasteiger partial charge >= 0.3 is 0 Å². The number of hydrogen-bond acceptors (Lipinski definition) is 1. The van der Waals surface area contributed by atoms with Crippen molar-refractivity contribution < 1.29 is 0 Å². The first-order chi connectivity index (χ1) is 9.16. The van der Waals surface area contributed by atoms with Gasteiger partial charge in [-0.25, -0.2) is 0 Å². The van der Waals surface area contributed by atoms with E-state index in [9.17, 15) is 0 Å². The first-order valence-corrected chi connectivity index (χ1v) is 7.05. The highest BCUT2D eigenvalue weighted by Crippen LogP contribution is 2.45. The number of halogens is 1. The van der Waals surface area contributed by atoms with Crippen molar-refractivity contribution in [3.8, 4) is 0 Å². The van der Waals surface area contributed by atoms with Gasteiger partial charge < -0.3 is 4.90 Å². The number of benzene rings is 2. The Morgan fingerprint density at radius 1 is 0.947 bits per heavy atom. The molecule has 2 aromatic rings. The Morgan fingerprint density at radius 3 is 2.21 bits per heavy atom. The highest BCUT2D eigenvalue weighted by molar-refractivity contribution is 6.30. The highest BCUT2D eigenvalue weighted by atomic mass is 35.5. The molecule has 1 nitrogen and oxygen atoms in total. The predicted molar refractivity (Wildman–Crippen MR) is 80.8 cm³/mol. The first-order valence-electron chi connectivity index (χ1n) is 6.67. The summed E-state index contributed by atoms with van der Waals surface area (Å²) < 4.78 is 0.